The zero-order chi connectivity index (χ0) is 9.26. The van der Waals surface area contributed by atoms with Crippen LogP contribution in [0.5, 0.6) is 0 Å². The number of aliphatic imine (C=N–C) groups is 1. The summed E-state index contributed by atoms with van der Waals surface area (Å²) in [5.74, 6) is -0.267. The molecule has 1 aliphatic heterocycles. The summed E-state index contributed by atoms with van der Waals surface area (Å²) < 4.78 is 0. The average Bonchev–Trinajstić information content (AvgIpc) is 2.63. The standard InChI is InChI=1S/C8H7N3OS/c9-8-11-7(12)6(13-8)4-5-2-1-3-10-5/h1-4,10H,(H2,9,11,12)/b6-4+. The molecule has 1 aliphatic rings. The van der Waals surface area contributed by atoms with Crippen LogP contribution in [0.25, 0.3) is 6.08 Å². The van der Waals surface area contributed by atoms with Crippen molar-refractivity contribution in [2.24, 2.45) is 10.7 Å². The van der Waals surface area contributed by atoms with Crippen molar-refractivity contribution in [3.05, 3.63) is 28.9 Å². The molecule has 0 aromatic carbocycles. The summed E-state index contributed by atoms with van der Waals surface area (Å²) in [6.45, 7) is 0. The molecule has 0 saturated carbocycles. The minimum atomic E-state index is -0.267. The number of nitrogens with zero attached hydrogens (tertiary/aromatic N) is 1. The minimum Gasteiger partial charge on any atom is -0.378 e. The Morgan fingerprint density at radius 2 is 2.46 bits per heavy atom. The lowest BCUT2D eigenvalue weighted by Gasteiger charge is -1.90. The Bertz CT molecular complexity index is 392. The van der Waals surface area contributed by atoms with Gasteiger partial charge in [-0.05, 0) is 30.0 Å². The van der Waals surface area contributed by atoms with E-state index in [0.29, 0.717) is 10.1 Å². The average molecular weight is 193 g/mol. The molecule has 1 amide bonds. The number of thioether (sulfide) groups is 1. The molecule has 4 nitrogen and oxygen atoms in total. The van der Waals surface area contributed by atoms with Crippen molar-refractivity contribution in [3.8, 4) is 0 Å². The van der Waals surface area contributed by atoms with Crippen molar-refractivity contribution in [2.45, 2.75) is 0 Å². The topological polar surface area (TPSA) is 71.2 Å². The molecule has 2 rings (SSSR count). The van der Waals surface area contributed by atoms with Gasteiger partial charge in [0.1, 0.15) is 0 Å². The first-order chi connectivity index (χ1) is 6.25. The van der Waals surface area contributed by atoms with Crippen LogP contribution in [0.1, 0.15) is 5.69 Å². The highest BCUT2D eigenvalue weighted by Crippen LogP contribution is 2.25. The first kappa shape index (κ1) is 8.12. The number of hydrogen-bond acceptors (Lipinski definition) is 3. The lowest BCUT2D eigenvalue weighted by molar-refractivity contribution is -0.113. The second-order valence-electron chi connectivity index (χ2n) is 2.49. The van der Waals surface area contributed by atoms with E-state index in [2.05, 4.69) is 9.98 Å². The van der Waals surface area contributed by atoms with E-state index in [4.69, 9.17) is 5.73 Å². The van der Waals surface area contributed by atoms with Crippen molar-refractivity contribution < 1.29 is 4.79 Å². The predicted molar refractivity (Wildman–Crippen MR) is 53.0 cm³/mol. The Kier molecular flexibility index (Phi) is 1.94. The van der Waals surface area contributed by atoms with Gasteiger partial charge in [0.05, 0.1) is 4.91 Å². The number of hydrogen-bond donors (Lipinski definition) is 2. The summed E-state index contributed by atoms with van der Waals surface area (Å²) in [4.78, 5) is 18.2. The van der Waals surface area contributed by atoms with Crippen molar-refractivity contribution >= 4 is 28.9 Å². The van der Waals surface area contributed by atoms with Gasteiger partial charge in [0.25, 0.3) is 5.91 Å². The van der Waals surface area contributed by atoms with Crippen LogP contribution in [-0.2, 0) is 4.79 Å². The van der Waals surface area contributed by atoms with Crippen LogP contribution in [0.2, 0.25) is 0 Å². The smallest absolute Gasteiger partial charge is 0.286 e. The monoisotopic (exact) mass is 193 g/mol. The number of aromatic amines is 1. The molecule has 66 valence electrons. The van der Waals surface area contributed by atoms with Gasteiger partial charge in [0, 0.05) is 11.9 Å². The molecule has 0 spiro atoms. The number of aromatic nitrogens is 1. The van der Waals surface area contributed by atoms with Gasteiger partial charge < -0.3 is 10.7 Å². The van der Waals surface area contributed by atoms with Gasteiger partial charge in [0.15, 0.2) is 5.17 Å². The van der Waals surface area contributed by atoms with E-state index >= 15 is 0 Å². The minimum absolute atomic E-state index is 0.267. The van der Waals surface area contributed by atoms with E-state index in [9.17, 15) is 4.79 Å². The summed E-state index contributed by atoms with van der Waals surface area (Å²) in [5, 5.41) is 0.308. The molecule has 1 aromatic heterocycles. The quantitative estimate of drug-likeness (QED) is 0.652. The van der Waals surface area contributed by atoms with Crippen molar-refractivity contribution in [1.29, 1.82) is 0 Å². The van der Waals surface area contributed by atoms with E-state index in [0.717, 1.165) is 5.69 Å². The second kappa shape index (κ2) is 3.10. The highest BCUT2D eigenvalue weighted by atomic mass is 32.2. The van der Waals surface area contributed by atoms with Crippen molar-refractivity contribution in [2.75, 3.05) is 0 Å². The summed E-state index contributed by atoms with van der Waals surface area (Å²) in [6.07, 6.45) is 3.52. The molecule has 5 heteroatoms. The van der Waals surface area contributed by atoms with Gasteiger partial charge in [-0.25, -0.2) is 0 Å². The number of amides is 1. The van der Waals surface area contributed by atoms with E-state index in [1.54, 1.807) is 12.3 Å². The Morgan fingerprint density at radius 1 is 1.62 bits per heavy atom. The largest absolute Gasteiger partial charge is 0.378 e. The number of carbonyl (C=O) groups is 1. The van der Waals surface area contributed by atoms with Crippen molar-refractivity contribution in [3.63, 3.8) is 0 Å². The first-order valence-corrected chi connectivity index (χ1v) is 4.49. The van der Waals surface area contributed by atoms with Crippen LogP contribution in [0.3, 0.4) is 0 Å². The van der Waals surface area contributed by atoms with Gasteiger partial charge in [-0.3, -0.25) is 4.79 Å². The highest BCUT2D eigenvalue weighted by Gasteiger charge is 2.19. The molecule has 3 N–H and O–H groups in total. The van der Waals surface area contributed by atoms with Crippen LogP contribution >= 0.6 is 11.8 Å². The number of rotatable bonds is 1. The summed E-state index contributed by atoms with van der Waals surface area (Å²) in [5.41, 5.74) is 6.26. The Morgan fingerprint density at radius 3 is 3.00 bits per heavy atom. The number of H-pyrrole nitrogens is 1. The summed E-state index contributed by atoms with van der Waals surface area (Å²) >= 11 is 1.19. The SMILES string of the molecule is NC1=NC(=O)/C(=C\c2ccc[nH]2)S1. The molecule has 0 radical (unpaired) electrons. The molecule has 0 aliphatic carbocycles. The van der Waals surface area contributed by atoms with Crippen LogP contribution < -0.4 is 5.73 Å². The maximum Gasteiger partial charge on any atom is 0.286 e. The molecule has 0 saturated heterocycles. The van der Waals surface area contributed by atoms with Gasteiger partial charge in [-0.15, -0.1) is 0 Å². The Balaban J connectivity index is 2.25. The normalized spacial score (nSPS) is 19.5. The maximum atomic E-state index is 11.1. The second-order valence-corrected chi connectivity index (χ2v) is 3.55. The Labute approximate surface area is 78.9 Å². The highest BCUT2D eigenvalue weighted by molar-refractivity contribution is 8.18. The fourth-order valence-corrected chi connectivity index (χ4v) is 1.67. The number of amidine groups is 1. The first-order valence-electron chi connectivity index (χ1n) is 3.67. The number of nitrogens with one attached hydrogen (secondary N) is 1. The van der Waals surface area contributed by atoms with Gasteiger partial charge in [-0.1, -0.05) is 0 Å². The number of carbonyl (C=O) groups excluding carboxylic acids is 1. The summed E-state index contributed by atoms with van der Waals surface area (Å²) in [6, 6.07) is 3.73. The molecule has 0 atom stereocenters. The predicted octanol–water partition coefficient (Wildman–Crippen LogP) is 0.944. The lowest BCUT2D eigenvalue weighted by atomic mass is 10.4. The summed E-state index contributed by atoms with van der Waals surface area (Å²) in [7, 11) is 0. The molecule has 13 heavy (non-hydrogen) atoms. The van der Waals surface area contributed by atoms with Gasteiger partial charge in [0.2, 0.25) is 0 Å². The van der Waals surface area contributed by atoms with E-state index in [1.165, 1.54) is 11.8 Å². The molecular weight excluding hydrogens is 186 g/mol. The zero-order valence-electron chi connectivity index (χ0n) is 6.65. The van der Waals surface area contributed by atoms with Crippen LogP contribution in [-0.4, -0.2) is 16.1 Å². The molecule has 1 aromatic rings. The van der Waals surface area contributed by atoms with E-state index in [-0.39, 0.29) is 5.91 Å². The lowest BCUT2D eigenvalue weighted by Crippen LogP contribution is -2.01. The third-order valence-electron chi connectivity index (χ3n) is 1.55. The fraction of sp³-hybridized carbons (Fsp3) is 0. The van der Waals surface area contributed by atoms with Gasteiger partial charge in [-0.2, -0.15) is 4.99 Å². The zero-order valence-corrected chi connectivity index (χ0v) is 7.47. The van der Waals surface area contributed by atoms with Crippen molar-refractivity contribution in [1.82, 2.24) is 4.98 Å². The maximum absolute atomic E-state index is 11.1. The fourth-order valence-electron chi connectivity index (χ4n) is 1.00. The van der Waals surface area contributed by atoms with E-state index < -0.39 is 0 Å². The molecule has 2 heterocycles. The van der Waals surface area contributed by atoms with Crippen LogP contribution in [0.15, 0.2) is 28.2 Å². The van der Waals surface area contributed by atoms with Gasteiger partial charge >= 0.3 is 0 Å². The molecule has 0 unspecified atom stereocenters. The third-order valence-corrected chi connectivity index (χ3v) is 2.36. The number of nitrogens with two attached hydrogens (primary N) is 1. The third kappa shape index (κ3) is 1.65. The molecule has 0 bridgehead atoms. The van der Waals surface area contributed by atoms with Crippen LogP contribution in [0, 0.1) is 0 Å². The Hall–Kier alpha value is -1.49. The molecule has 0 fully saturated rings. The van der Waals surface area contributed by atoms with Crippen LogP contribution in [0.4, 0.5) is 0 Å². The van der Waals surface area contributed by atoms with E-state index in [1.807, 2.05) is 12.1 Å². The molecular formula is C8H7N3OS.